The highest BCUT2D eigenvalue weighted by Crippen LogP contribution is 1.96. The lowest BCUT2D eigenvalue weighted by molar-refractivity contribution is -0.268. The molecule has 0 radical (unpaired) electrons. The normalized spacial score (nSPS) is 11.5. The van der Waals surface area contributed by atoms with Crippen molar-refractivity contribution >= 4 is 23.0 Å². The Kier molecular flexibility index (Phi) is 5.92. The Morgan fingerprint density at radius 3 is 2.69 bits per heavy atom. The van der Waals surface area contributed by atoms with Gasteiger partial charge in [0.1, 0.15) is 12.7 Å². The molecule has 1 atom stereocenters. The Bertz CT molecular complexity index is 203. The van der Waals surface area contributed by atoms with E-state index in [0.29, 0.717) is 0 Å². The molecule has 0 bridgehead atoms. The summed E-state index contributed by atoms with van der Waals surface area (Å²) in [5.41, 5.74) is -1.08. The summed E-state index contributed by atoms with van der Waals surface area (Å²) in [7, 11) is 0. The largest absolute Gasteiger partial charge is 0.460 e. The minimum atomic E-state index is -1.08. The topological polar surface area (TPSA) is 61.8 Å². The predicted molar refractivity (Wildman–Crippen MR) is 44.0 cm³/mol. The van der Waals surface area contributed by atoms with Crippen LogP contribution in [0.3, 0.4) is 0 Å². The molecule has 0 spiro atoms. The third kappa shape index (κ3) is 7.30. The highest BCUT2D eigenvalue weighted by Gasteiger charge is 2.08. The Hall–Kier alpha value is -1.07. The van der Waals surface area contributed by atoms with Crippen LogP contribution in [0, 0.1) is 0 Å². The Balaban J connectivity index is 3.50. The van der Waals surface area contributed by atoms with Crippen molar-refractivity contribution in [2.75, 3.05) is 6.61 Å². The Morgan fingerprint density at radius 1 is 1.62 bits per heavy atom. The van der Waals surface area contributed by atoms with Crippen LogP contribution in [-0.2, 0) is 19.3 Å². The van der Waals surface area contributed by atoms with Crippen LogP contribution in [0.25, 0.3) is 0 Å². The van der Waals surface area contributed by atoms with Crippen molar-refractivity contribution in [3.8, 4) is 0 Å². The zero-order chi connectivity index (χ0) is 10.3. The molecule has 0 rings (SSSR count). The number of rotatable bonds is 5. The molecule has 1 unspecified atom stereocenters. The fourth-order valence-electron chi connectivity index (χ4n) is 0.406. The van der Waals surface area contributed by atoms with E-state index in [1.54, 1.807) is 0 Å². The van der Waals surface area contributed by atoms with Gasteiger partial charge in [0, 0.05) is 17.7 Å². The van der Waals surface area contributed by atoms with Crippen LogP contribution in [0.5, 0.6) is 0 Å². The van der Waals surface area contributed by atoms with Crippen molar-refractivity contribution in [2.45, 2.75) is 13.0 Å². The third-order valence-corrected chi connectivity index (χ3v) is 0.968. The molecule has 0 aromatic heterocycles. The van der Waals surface area contributed by atoms with Gasteiger partial charge in [-0.05, 0) is 6.92 Å². The second kappa shape index (κ2) is 6.45. The molecule has 74 valence electrons. The summed E-state index contributed by atoms with van der Waals surface area (Å²) in [5, 5.41) is 0. The van der Waals surface area contributed by atoms with Gasteiger partial charge < -0.3 is 4.74 Å². The van der Waals surface area contributed by atoms with Gasteiger partial charge in [-0.2, -0.15) is 4.89 Å². The maximum Gasteiger partial charge on any atom is 0.435 e. The van der Waals surface area contributed by atoms with Crippen LogP contribution < -0.4 is 0 Å². The molecular formula is C7H9ClO5. The van der Waals surface area contributed by atoms with Gasteiger partial charge in [0.05, 0.1) is 0 Å². The number of carbonyl (C=O) groups is 2. The van der Waals surface area contributed by atoms with Crippen LogP contribution >= 0.6 is 11.6 Å². The third-order valence-electron chi connectivity index (χ3n) is 0.905. The van der Waals surface area contributed by atoms with Crippen molar-refractivity contribution in [1.82, 2.24) is 0 Å². The van der Waals surface area contributed by atoms with E-state index < -0.39 is 17.5 Å². The van der Waals surface area contributed by atoms with Gasteiger partial charge in [-0.1, -0.05) is 6.58 Å². The first-order valence-corrected chi connectivity index (χ1v) is 3.76. The second-order valence-electron chi connectivity index (χ2n) is 2.06. The number of hydrogen-bond donors (Lipinski definition) is 0. The molecule has 0 heterocycles. The highest BCUT2D eigenvalue weighted by atomic mass is 35.5. The Morgan fingerprint density at radius 2 is 2.23 bits per heavy atom. The maximum atomic E-state index is 10.5. The smallest absolute Gasteiger partial charge is 0.435 e. The van der Waals surface area contributed by atoms with Crippen molar-refractivity contribution in [3.63, 3.8) is 0 Å². The van der Waals surface area contributed by atoms with Crippen LogP contribution in [-0.4, -0.2) is 24.1 Å². The summed E-state index contributed by atoms with van der Waals surface area (Å²) in [4.78, 5) is 28.9. The predicted octanol–water partition coefficient (Wildman–Crippen LogP) is 1.41. The van der Waals surface area contributed by atoms with E-state index in [1.165, 1.54) is 6.92 Å². The highest BCUT2D eigenvalue weighted by molar-refractivity contribution is 6.61. The van der Waals surface area contributed by atoms with Crippen molar-refractivity contribution < 1.29 is 24.1 Å². The van der Waals surface area contributed by atoms with Crippen LogP contribution in [0.2, 0.25) is 0 Å². The van der Waals surface area contributed by atoms with E-state index >= 15 is 0 Å². The molecule has 0 saturated carbocycles. The summed E-state index contributed by atoms with van der Waals surface area (Å²) in [6, 6.07) is 0. The monoisotopic (exact) mass is 208 g/mol. The van der Waals surface area contributed by atoms with Gasteiger partial charge in [-0.25, -0.2) is 9.59 Å². The molecule has 0 aliphatic rings. The molecule has 5 nitrogen and oxygen atoms in total. The second-order valence-corrected chi connectivity index (χ2v) is 2.37. The summed E-state index contributed by atoms with van der Waals surface area (Å²) in [6.07, 6.45) is 0.437. The lowest BCUT2D eigenvalue weighted by atomic mass is 10.4. The molecule has 0 N–H and O–H groups in total. The fourth-order valence-corrected chi connectivity index (χ4v) is 0.443. The minimum Gasteiger partial charge on any atom is -0.460 e. The van der Waals surface area contributed by atoms with Crippen LogP contribution in [0.15, 0.2) is 12.7 Å². The molecule has 0 aromatic rings. The first kappa shape index (κ1) is 11.9. The standard InChI is InChI=1S/C7H9ClO5/c1-3-6(9)11-4-5(2)12-13-7(8)10/h3,5H,1,4H2,2H3. The summed E-state index contributed by atoms with van der Waals surface area (Å²) >= 11 is 4.80. The molecule has 0 amide bonds. The van der Waals surface area contributed by atoms with Crippen molar-refractivity contribution in [2.24, 2.45) is 0 Å². The summed E-state index contributed by atoms with van der Waals surface area (Å²) in [6.45, 7) is 4.68. The number of hydrogen-bond acceptors (Lipinski definition) is 5. The van der Waals surface area contributed by atoms with E-state index in [2.05, 4.69) is 21.1 Å². The zero-order valence-electron chi connectivity index (χ0n) is 6.99. The molecule has 0 fully saturated rings. The van der Waals surface area contributed by atoms with Gasteiger partial charge in [-0.15, -0.1) is 0 Å². The molecule has 13 heavy (non-hydrogen) atoms. The SMILES string of the molecule is C=CC(=O)OCC(C)OOC(=O)Cl. The molecule has 0 aliphatic carbocycles. The number of esters is 1. The molecular weight excluding hydrogens is 200 g/mol. The van der Waals surface area contributed by atoms with E-state index in [9.17, 15) is 9.59 Å². The number of carbonyl (C=O) groups excluding carboxylic acids is 2. The quantitative estimate of drug-likeness (QED) is 0.225. The van der Waals surface area contributed by atoms with E-state index in [-0.39, 0.29) is 6.61 Å². The lowest BCUT2D eigenvalue weighted by Gasteiger charge is -2.08. The van der Waals surface area contributed by atoms with Gasteiger partial charge in [-0.3, -0.25) is 4.89 Å². The average Bonchev–Trinajstić information content (AvgIpc) is 2.10. The lowest BCUT2D eigenvalue weighted by Crippen LogP contribution is -2.18. The van der Waals surface area contributed by atoms with Gasteiger partial charge in [0.15, 0.2) is 0 Å². The average molecular weight is 209 g/mol. The fraction of sp³-hybridized carbons (Fsp3) is 0.429. The van der Waals surface area contributed by atoms with E-state index in [4.69, 9.17) is 11.6 Å². The maximum absolute atomic E-state index is 10.5. The van der Waals surface area contributed by atoms with Gasteiger partial charge >= 0.3 is 11.4 Å². The zero-order valence-corrected chi connectivity index (χ0v) is 7.74. The first-order valence-electron chi connectivity index (χ1n) is 3.38. The van der Waals surface area contributed by atoms with Crippen LogP contribution in [0.4, 0.5) is 4.79 Å². The van der Waals surface area contributed by atoms with Gasteiger partial charge in [0.2, 0.25) is 0 Å². The first-order chi connectivity index (χ1) is 6.06. The van der Waals surface area contributed by atoms with E-state index in [0.717, 1.165) is 6.08 Å². The molecule has 6 heteroatoms. The van der Waals surface area contributed by atoms with Crippen molar-refractivity contribution in [3.05, 3.63) is 12.7 Å². The summed E-state index contributed by atoms with van der Waals surface area (Å²) in [5.74, 6) is -0.576. The number of ether oxygens (including phenoxy) is 1. The number of halogens is 1. The van der Waals surface area contributed by atoms with Crippen LogP contribution in [0.1, 0.15) is 6.92 Å². The van der Waals surface area contributed by atoms with E-state index in [1.807, 2.05) is 0 Å². The van der Waals surface area contributed by atoms with Crippen molar-refractivity contribution in [1.29, 1.82) is 0 Å². The van der Waals surface area contributed by atoms with Gasteiger partial charge in [0.25, 0.3) is 0 Å². The minimum absolute atomic E-state index is 0.0466. The summed E-state index contributed by atoms with van der Waals surface area (Å²) < 4.78 is 4.57. The molecule has 0 saturated heterocycles. The molecule has 0 aliphatic heterocycles. The Labute approximate surface area is 80.1 Å². The molecule has 0 aromatic carbocycles.